The summed E-state index contributed by atoms with van der Waals surface area (Å²) in [5.74, 6) is 0. The van der Waals surface area contributed by atoms with Crippen LogP contribution in [0.5, 0.6) is 0 Å². The molecule has 2 rings (SSSR count). The summed E-state index contributed by atoms with van der Waals surface area (Å²) < 4.78 is 1.17. The van der Waals surface area contributed by atoms with E-state index in [4.69, 9.17) is 5.73 Å². The van der Waals surface area contributed by atoms with E-state index in [1.54, 1.807) is 0 Å². The van der Waals surface area contributed by atoms with E-state index >= 15 is 0 Å². The number of hydrogen-bond acceptors (Lipinski definition) is 1. The molecule has 0 amide bonds. The number of rotatable bonds is 3. The fourth-order valence-electron chi connectivity index (χ4n) is 2.59. The second kappa shape index (κ2) is 5.33. The summed E-state index contributed by atoms with van der Waals surface area (Å²) in [6.45, 7) is 0. The number of benzene rings is 1. The number of hydrogen-bond donors (Lipinski definition) is 1. The van der Waals surface area contributed by atoms with Crippen LogP contribution in [0.2, 0.25) is 0 Å². The van der Waals surface area contributed by atoms with Crippen molar-refractivity contribution in [2.75, 3.05) is 0 Å². The van der Waals surface area contributed by atoms with Gasteiger partial charge in [0.15, 0.2) is 0 Å². The van der Waals surface area contributed by atoms with Gasteiger partial charge in [0.05, 0.1) is 0 Å². The Balaban J connectivity index is 1.91. The summed E-state index contributed by atoms with van der Waals surface area (Å²) in [4.78, 5) is 0. The minimum absolute atomic E-state index is 0.112. The monoisotopic (exact) mass is 281 g/mol. The van der Waals surface area contributed by atoms with E-state index < -0.39 is 0 Å². The second-order valence-electron chi connectivity index (χ2n) is 5.05. The molecule has 0 aliphatic heterocycles. The lowest BCUT2D eigenvalue weighted by atomic mass is 9.79. The maximum atomic E-state index is 6.43. The molecule has 0 atom stereocenters. The van der Waals surface area contributed by atoms with Gasteiger partial charge in [0.25, 0.3) is 0 Å². The molecule has 2 N–H and O–H groups in total. The summed E-state index contributed by atoms with van der Waals surface area (Å²) in [6.07, 6.45) is 8.65. The third-order valence-corrected chi connectivity index (χ3v) is 4.14. The molecule has 88 valence electrons. The molecule has 1 aliphatic carbocycles. The molecule has 1 aromatic rings. The number of nitrogens with two attached hydrogens (primary N) is 1. The van der Waals surface area contributed by atoms with E-state index in [2.05, 4.69) is 40.2 Å². The molecular formula is C14H20BrN. The van der Waals surface area contributed by atoms with E-state index in [0.29, 0.717) is 0 Å². The zero-order valence-corrected chi connectivity index (χ0v) is 11.3. The van der Waals surface area contributed by atoms with Crippen molar-refractivity contribution < 1.29 is 0 Å². The minimum atomic E-state index is 0.112. The lowest BCUT2D eigenvalue weighted by Crippen LogP contribution is -2.42. The summed E-state index contributed by atoms with van der Waals surface area (Å²) in [5, 5.41) is 0. The van der Waals surface area contributed by atoms with Gasteiger partial charge in [-0.2, -0.15) is 0 Å². The lowest BCUT2D eigenvalue weighted by molar-refractivity contribution is 0.278. The van der Waals surface area contributed by atoms with Gasteiger partial charge in [-0.1, -0.05) is 47.3 Å². The Hall–Kier alpha value is -0.340. The Kier molecular flexibility index (Phi) is 4.04. The van der Waals surface area contributed by atoms with Gasteiger partial charge in [0.2, 0.25) is 0 Å². The standard InChI is InChI=1S/C14H20BrN/c15-13-6-4-5-12(11-13)7-10-14(16)8-2-1-3-9-14/h4-6,11H,1-3,7-10,16H2. The average molecular weight is 282 g/mol. The van der Waals surface area contributed by atoms with Gasteiger partial charge in [0.1, 0.15) is 0 Å². The molecule has 2 heteroatoms. The second-order valence-corrected chi connectivity index (χ2v) is 5.97. The van der Waals surface area contributed by atoms with E-state index in [0.717, 1.165) is 12.8 Å². The largest absolute Gasteiger partial charge is 0.325 e. The SMILES string of the molecule is NC1(CCc2cccc(Br)c2)CCCCC1. The molecule has 0 aromatic heterocycles. The summed E-state index contributed by atoms with van der Waals surface area (Å²) >= 11 is 3.51. The van der Waals surface area contributed by atoms with Crippen LogP contribution in [0.4, 0.5) is 0 Å². The van der Waals surface area contributed by atoms with Crippen molar-refractivity contribution in [3.63, 3.8) is 0 Å². The molecule has 0 bridgehead atoms. The van der Waals surface area contributed by atoms with Crippen LogP contribution in [0.25, 0.3) is 0 Å². The van der Waals surface area contributed by atoms with Crippen LogP contribution >= 0.6 is 15.9 Å². The molecule has 1 nitrogen and oxygen atoms in total. The van der Waals surface area contributed by atoms with Crippen LogP contribution in [-0.2, 0) is 6.42 Å². The van der Waals surface area contributed by atoms with Gasteiger partial charge in [-0.15, -0.1) is 0 Å². The van der Waals surface area contributed by atoms with Crippen molar-refractivity contribution in [2.45, 2.75) is 50.5 Å². The topological polar surface area (TPSA) is 26.0 Å². The van der Waals surface area contributed by atoms with Crippen molar-refractivity contribution in [2.24, 2.45) is 5.73 Å². The normalized spacial score (nSPS) is 19.6. The molecule has 0 unspecified atom stereocenters. The van der Waals surface area contributed by atoms with Gasteiger partial charge in [-0.3, -0.25) is 0 Å². The van der Waals surface area contributed by atoms with Crippen molar-refractivity contribution in [3.8, 4) is 0 Å². The van der Waals surface area contributed by atoms with Gasteiger partial charge >= 0.3 is 0 Å². The third kappa shape index (κ3) is 3.33. The molecule has 0 spiro atoms. The first-order valence-corrected chi connectivity index (χ1v) is 7.01. The van der Waals surface area contributed by atoms with Gasteiger partial charge < -0.3 is 5.73 Å². The zero-order valence-electron chi connectivity index (χ0n) is 9.71. The predicted octanol–water partition coefficient (Wildman–Crippen LogP) is 4.04. The van der Waals surface area contributed by atoms with Crippen LogP contribution in [0, 0.1) is 0 Å². The lowest BCUT2D eigenvalue weighted by Gasteiger charge is -2.33. The van der Waals surface area contributed by atoms with Gasteiger partial charge in [-0.25, -0.2) is 0 Å². The molecule has 1 saturated carbocycles. The third-order valence-electron chi connectivity index (χ3n) is 3.65. The molecule has 1 aliphatic rings. The van der Waals surface area contributed by atoms with Crippen molar-refractivity contribution in [1.29, 1.82) is 0 Å². The Morgan fingerprint density at radius 2 is 1.94 bits per heavy atom. The highest BCUT2D eigenvalue weighted by Gasteiger charge is 2.26. The Morgan fingerprint density at radius 1 is 1.19 bits per heavy atom. The van der Waals surface area contributed by atoms with Crippen molar-refractivity contribution in [3.05, 3.63) is 34.3 Å². The molecule has 1 aromatic carbocycles. The highest BCUT2D eigenvalue weighted by Crippen LogP contribution is 2.30. The summed E-state index contributed by atoms with van der Waals surface area (Å²) in [6, 6.07) is 8.56. The predicted molar refractivity (Wildman–Crippen MR) is 72.5 cm³/mol. The Labute approximate surface area is 107 Å². The van der Waals surface area contributed by atoms with Crippen molar-refractivity contribution in [1.82, 2.24) is 0 Å². The van der Waals surface area contributed by atoms with Crippen molar-refractivity contribution >= 4 is 15.9 Å². The van der Waals surface area contributed by atoms with Gasteiger partial charge in [-0.05, 0) is 43.4 Å². The summed E-state index contributed by atoms with van der Waals surface area (Å²) in [5.41, 5.74) is 7.94. The first kappa shape index (κ1) is 12.1. The van der Waals surface area contributed by atoms with Crippen LogP contribution in [-0.4, -0.2) is 5.54 Å². The molecule has 16 heavy (non-hydrogen) atoms. The number of aryl methyl sites for hydroxylation is 1. The molecule has 0 radical (unpaired) electrons. The first-order valence-electron chi connectivity index (χ1n) is 6.21. The fourth-order valence-corrected chi connectivity index (χ4v) is 3.04. The molecular weight excluding hydrogens is 262 g/mol. The quantitative estimate of drug-likeness (QED) is 0.889. The Morgan fingerprint density at radius 3 is 2.62 bits per heavy atom. The minimum Gasteiger partial charge on any atom is -0.325 e. The summed E-state index contributed by atoms with van der Waals surface area (Å²) in [7, 11) is 0. The van der Waals surface area contributed by atoms with Crippen LogP contribution < -0.4 is 5.73 Å². The van der Waals surface area contributed by atoms with E-state index in [-0.39, 0.29) is 5.54 Å². The highest BCUT2D eigenvalue weighted by molar-refractivity contribution is 9.10. The van der Waals surface area contributed by atoms with E-state index in [1.165, 1.54) is 42.1 Å². The first-order chi connectivity index (χ1) is 7.68. The van der Waals surface area contributed by atoms with E-state index in [1.807, 2.05) is 0 Å². The van der Waals surface area contributed by atoms with E-state index in [9.17, 15) is 0 Å². The zero-order chi connectivity index (χ0) is 11.4. The average Bonchev–Trinajstić information content (AvgIpc) is 2.28. The number of halogens is 1. The fraction of sp³-hybridized carbons (Fsp3) is 0.571. The smallest absolute Gasteiger partial charge is 0.0177 e. The van der Waals surface area contributed by atoms with Crippen LogP contribution in [0.3, 0.4) is 0 Å². The van der Waals surface area contributed by atoms with Crippen LogP contribution in [0.1, 0.15) is 44.1 Å². The maximum absolute atomic E-state index is 6.43. The Bertz CT molecular complexity index is 342. The highest BCUT2D eigenvalue weighted by atomic mass is 79.9. The molecule has 0 saturated heterocycles. The van der Waals surface area contributed by atoms with Crippen LogP contribution in [0.15, 0.2) is 28.7 Å². The maximum Gasteiger partial charge on any atom is 0.0177 e. The van der Waals surface area contributed by atoms with Gasteiger partial charge in [0, 0.05) is 10.0 Å². The molecule has 1 fully saturated rings. The molecule has 0 heterocycles.